The van der Waals surface area contributed by atoms with Crippen LogP contribution in [0, 0.1) is 0 Å². The van der Waals surface area contributed by atoms with Crippen LogP contribution in [0.2, 0.25) is 0 Å². The smallest absolute Gasteiger partial charge is 0.545 e. The molecule has 0 heterocycles. The zero-order chi connectivity index (χ0) is 6.57. The molecule has 0 radical (unpaired) electrons. The molecule has 0 aliphatic rings. The molecular formula is C4H3CsO4. The maximum absolute atomic E-state index is 9.53. The van der Waals surface area contributed by atoms with Crippen LogP contribution in [-0.4, -0.2) is 17.0 Å². The van der Waals surface area contributed by atoms with E-state index >= 15 is 0 Å². The van der Waals surface area contributed by atoms with Gasteiger partial charge in [-0.15, -0.1) is 0 Å². The molecule has 0 rings (SSSR count). The molecule has 0 saturated carbocycles. The summed E-state index contributed by atoms with van der Waals surface area (Å²) in [5.74, 6) is -2.80. The fourth-order valence-corrected chi connectivity index (χ4v) is 0.139. The summed E-state index contributed by atoms with van der Waals surface area (Å²) in [5.41, 5.74) is 0. The first-order chi connectivity index (χ1) is 3.63. The fourth-order valence-electron chi connectivity index (χ4n) is 0.139. The van der Waals surface area contributed by atoms with Crippen molar-refractivity contribution in [3.05, 3.63) is 12.2 Å². The molecule has 0 amide bonds. The van der Waals surface area contributed by atoms with Crippen LogP contribution >= 0.6 is 0 Å². The zero-order valence-corrected chi connectivity index (χ0v) is 11.1. The summed E-state index contributed by atoms with van der Waals surface area (Å²) in [6, 6.07) is 0. The van der Waals surface area contributed by atoms with Crippen molar-refractivity contribution >= 4 is 11.9 Å². The van der Waals surface area contributed by atoms with Gasteiger partial charge in [-0.25, -0.2) is 4.79 Å². The van der Waals surface area contributed by atoms with Gasteiger partial charge in [0.05, 0.1) is 5.97 Å². The normalized spacial score (nSPS) is 8.44. The van der Waals surface area contributed by atoms with Gasteiger partial charge in [0.25, 0.3) is 0 Å². The van der Waals surface area contributed by atoms with Gasteiger partial charge in [-0.3, -0.25) is 0 Å². The SMILES string of the molecule is O=C([O-])/C=C/C(=O)O.[Cs+]. The van der Waals surface area contributed by atoms with E-state index in [1.54, 1.807) is 0 Å². The fraction of sp³-hybridized carbons (Fsp3) is 0. The quantitative estimate of drug-likeness (QED) is 0.499. The van der Waals surface area contributed by atoms with E-state index in [0.29, 0.717) is 12.2 Å². The van der Waals surface area contributed by atoms with Gasteiger partial charge in [0, 0.05) is 6.08 Å². The van der Waals surface area contributed by atoms with Crippen LogP contribution in [-0.2, 0) is 9.59 Å². The summed E-state index contributed by atoms with van der Waals surface area (Å²) in [7, 11) is 0. The monoisotopic (exact) mass is 248 g/mol. The molecule has 5 heteroatoms. The largest absolute Gasteiger partial charge is 1.00 e. The third-order valence-electron chi connectivity index (χ3n) is 0.362. The van der Waals surface area contributed by atoms with Gasteiger partial charge < -0.3 is 15.0 Å². The summed E-state index contributed by atoms with van der Waals surface area (Å²) in [4.78, 5) is 19.0. The van der Waals surface area contributed by atoms with Crippen molar-refractivity contribution in [2.75, 3.05) is 0 Å². The Morgan fingerprint density at radius 2 is 1.78 bits per heavy atom. The van der Waals surface area contributed by atoms with Crippen LogP contribution in [0.5, 0.6) is 0 Å². The van der Waals surface area contributed by atoms with Crippen molar-refractivity contribution in [3.63, 3.8) is 0 Å². The Balaban J connectivity index is 0. The Morgan fingerprint density at radius 3 is 1.89 bits per heavy atom. The minimum Gasteiger partial charge on any atom is -0.545 e. The average molecular weight is 248 g/mol. The van der Waals surface area contributed by atoms with Crippen molar-refractivity contribution < 1.29 is 88.7 Å². The maximum atomic E-state index is 9.53. The first-order valence-corrected chi connectivity index (χ1v) is 1.75. The molecule has 0 spiro atoms. The first kappa shape index (κ1) is 12.4. The predicted molar refractivity (Wildman–Crippen MR) is 21.8 cm³/mol. The second-order valence-electron chi connectivity index (χ2n) is 0.991. The standard InChI is InChI=1S/C4H4O4.Cs/c5-3(6)1-2-4(7)8;/h1-2H,(H,5,6)(H,7,8);/q;+1/p-1/b2-1+;. The van der Waals surface area contributed by atoms with Gasteiger partial charge in [-0.1, -0.05) is 0 Å². The molecule has 0 unspecified atom stereocenters. The Morgan fingerprint density at radius 1 is 1.33 bits per heavy atom. The maximum Gasteiger partial charge on any atom is 1.00 e. The molecular weight excluding hydrogens is 245 g/mol. The molecule has 0 fully saturated rings. The van der Waals surface area contributed by atoms with Crippen LogP contribution in [0.4, 0.5) is 0 Å². The van der Waals surface area contributed by atoms with Crippen molar-refractivity contribution in [1.82, 2.24) is 0 Å². The molecule has 44 valence electrons. The van der Waals surface area contributed by atoms with Gasteiger partial charge in [-0.05, 0) is 6.08 Å². The van der Waals surface area contributed by atoms with Gasteiger partial charge in [0.15, 0.2) is 0 Å². The number of carboxylic acids is 2. The van der Waals surface area contributed by atoms with Crippen LogP contribution in [0.15, 0.2) is 12.2 Å². The molecule has 1 N–H and O–H groups in total. The Bertz CT molecular complexity index is 124. The zero-order valence-electron chi connectivity index (χ0n) is 4.83. The van der Waals surface area contributed by atoms with Crippen molar-refractivity contribution in [3.8, 4) is 0 Å². The summed E-state index contributed by atoms with van der Waals surface area (Å²) in [6.07, 6.45) is 0.942. The van der Waals surface area contributed by atoms with Crippen LogP contribution in [0.3, 0.4) is 0 Å². The molecule has 0 aromatic carbocycles. The van der Waals surface area contributed by atoms with Crippen molar-refractivity contribution in [2.45, 2.75) is 0 Å². The first-order valence-electron chi connectivity index (χ1n) is 1.75. The van der Waals surface area contributed by atoms with E-state index in [1.807, 2.05) is 0 Å². The van der Waals surface area contributed by atoms with E-state index in [1.165, 1.54) is 0 Å². The number of rotatable bonds is 2. The van der Waals surface area contributed by atoms with E-state index in [0.717, 1.165) is 0 Å². The summed E-state index contributed by atoms with van der Waals surface area (Å²) < 4.78 is 0. The Hall–Kier alpha value is 0.732. The summed E-state index contributed by atoms with van der Waals surface area (Å²) >= 11 is 0. The van der Waals surface area contributed by atoms with Gasteiger partial charge >= 0.3 is 74.9 Å². The molecule has 0 bridgehead atoms. The number of carbonyl (C=O) groups is 2. The molecule has 0 aliphatic heterocycles. The molecule has 4 nitrogen and oxygen atoms in total. The van der Waals surface area contributed by atoms with E-state index in [4.69, 9.17) is 5.11 Å². The third-order valence-corrected chi connectivity index (χ3v) is 0.362. The minimum atomic E-state index is -1.51. The second-order valence-corrected chi connectivity index (χ2v) is 0.991. The van der Waals surface area contributed by atoms with E-state index < -0.39 is 11.9 Å². The molecule has 0 atom stereocenters. The number of hydrogen-bond donors (Lipinski definition) is 1. The topological polar surface area (TPSA) is 77.4 Å². The number of aliphatic carboxylic acids is 2. The number of hydrogen-bond acceptors (Lipinski definition) is 3. The summed E-state index contributed by atoms with van der Waals surface area (Å²) in [6.45, 7) is 0. The van der Waals surface area contributed by atoms with Crippen LogP contribution in [0.25, 0.3) is 0 Å². The van der Waals surface area contributed by atoms with Gasteiger partial charge in [0.2, 0.25) is 0 Å². The van der Waals surface area contributed by atoms with Crippen molar-refractivity contribution in [2.24, 2.45) is 0 Å². The molecule has 0 saturated heterocycles. The molecule has 0 aromatic heterocycles. The third kappa shape index (κ3) is 12.0. The second kappa shape index (κ2) is 6.85. The predicted octanol–water partition coefficient (Wildman–Crippen LogP) is -4.62. The molecule has 0 aliphatic carbocycles. The minimum absolute atomic E-state index is 0. The Labute approximate surface area is 110 Å². The van der Waals surface area contributed by atoms with E-state index in [9.17, 15) is 14.7 Å². The molecule has 0 aromatic rings. The van der Waals surface area contributed by atoms with Crippen molar-refractivity contribution in [1.29, 1.82) is 0 Å². The van der Waals surface area contributed by atoms with Crippen LogP contribution in [0.1, 0.15) is 0 Å². The number of carboxylic acid groups (broad SMARTS) is 2. The average Bonchev–Trinajstić information content (AvgIpc) is 1.61. The number of carbonyl (C=O) groups excluding carboxylic acids is 1. The Kier molecular flexibility index (Phi) is 9.44. The summed E-state index contributed by atoms with van der Waals surface area (Å²) in [5, 5.41) is 17.2. The van der Waals surface area contributed by atoms with E-state index in [2.05, 4.69) is 0 Å². The van der Waals surface area contributed by atoms with E-state index in [-0.39, 0.29) is 68.9 Å². The van der Waals surface area contributed by atoms with Gasteiger partial charge in [0.1, 0.15) is 0 Å². The molecule has 9 heavy (non-hydrogen) atoms. The van der Waals surface area contributed by atoms with Gasteiger partial charge in [-0.2, -0.15) is 0 Å². The van der Waals surface area contributed by atoms with Crippen LogP contribution < -0.4 is 74.0 Å².